The summed E-state index contributed by atoms with van der Waals surface area (Å²) in [7, 11) is -2.61. The molecule has 1 atom stereocenters. The van der Waals surface area contributed by atoms with Crippen LogP contribution in [0.4, 0.5) is 18.9 Å². The molecule has 0 bridgehead atoms. The highest BCUT2D eigenvalue weighted by Gasteiger charge is 2.37. The first-order valence-electron chi connectivity index (χ1n) is 10.9. The van der Waals surface area contributed by atoms with Gasteiger partial charge in [0.25, 0.3) is 15.9 Å². The predicted molar refractivity (Wildman–Crippen MR) is 126 cm³/mol. The number of halogens is 3. The number of alkyl halides is 3. The number of nitrogens with zero attached hydrogens (tertiary/aromatic N) is 1. The molecule has 190 valence electrons. The van der Waals surface area contributed by atoms with Gasteiger partial charge in [-0.2, -0.15) is 13.2 Å². The largest absolute Gasteiger partial charge is 0.497 e. The molecule has 4 rings (SSSR count). The van der Waals surface area contributed by atoms with Gasteiger partial charge in [-0.1, -0.05) is 18.2 Å². The molecule has 1 aliphatic rings. The average Bonchev–Trinajstić information content (AvgIpc) is 2.86. The number of rotatable bonds is 6. The smallest absolute Gasteiger partial charge is 0.416 e. The van der Waals surface area contributed by atoms with Crippen molar-refractivity contribution < 1.29 is 35.9 Å². The standard InChI is InChI=1S/C25H23F3N2O5S/c1-16-6-11-21-22(12-16)35-23(15-30(21)36(32,33)20-9-7-19(34-2)8-10-20)24(31)29-14-17-4-3-5-18(13-17)25(26,27)28/h3-13,23H,14-15H2,1-2H3,(H,29,31)/t23-/m1/s1. The summed E-state index contributed by atoms with van der Waals surface area (Å²) in [6, 6.07) is 15.4. The zero-order chi connectivity index (χ0) is 26.1. The van der Waals surface area contributed by atoms with Gasteiger partial charge in [-0.25, -0.2) is 8.42 Å². The number of sulfonamides is 1. The van der Waals surface area contributed by atoms with Crippen LogP contribution < -0.4 is 19.1 Å². The van der Waals surface area contributed by atoms with Crippen molar-refractivity contribution in [3.63, 3.8) is 0 Å². The van der Waals surface area contributed by atoms with Gasteiger partial charge in [0.15, 0.2) is 6.10 Å². The number of ether oxygens (including phenoxy) is 2. The number of hydrogen-bond donors (Lipinski definition) is 1. The van der Waals surface area contributed by atoms with Crippen LogP contribution in [0.5, 0.6) is 11.5 Å². The zero-order valence-corrected chi connectivity index (χ0v) is 20.2. The first-order chi connectivity index (χ1) is 17.0. The number of anilines is 1. The van der Waals surface area contributed by atoms with Crippen molar-refractivity contribution in [1.82, 2.24) is 5.32 Å². The first-order valence-corrected chi connectivity index (χ1v) is 12.3. The highest BCUT2D eigenvalue weighted by Crippen LogP contribution is 2.38. The van der Waals surface area contributed by atoms with E-state index in [0.29, 0.717) is 5.75 Å². The molecule has 0 radical (unpaired) electrons. The summed E-state index contributed by atoms with van der Waals surface area (Å²) in [4.78, 5) is 12.9. The van der Waals surface area contributed by atoms with Crippen LogP contribution in [0.1, 0.15) is 16.7 Å². The molecule has 36 heavy (non-hydrogen) atoms. The maximum atomic E-state index is 13.5. The summed E-state index contributed by atoms with van der Waals surface area (Å²) in [5.74, 6) is 0.0332. The third-order valence-electron chi connectivity index (χ3n) is 5.65. The van der Waals surface area contributed by atoms with Crippen molar-refractivity contribution in [3.05, 3.63) is 83.4 Å². The zero-order valence-electron chi connectivity index (χ0n) is 19.4. The second-order valence-electron chi connectivity index (χ2n) is 8.21. The topological polar surface area (TPSA) is 84.9 Å². The molecule has 7 nitrogen and oxygen atoms in total. The lowest BCUT2D eigenvalue weighted by molar-refractivity contribution is -0.137. The van der Waals surface area contributed by atoms with Crippen LogP contribution in [-0.2, 0) is 27.5 Å². The molecule has 0 saturated carbocycles. The van der Waals surface area contributed by atoms with Crippen LogP contribution in [0.2, 0.25) is 0 Å². The number of methoxy groups -OCH3 is 1. The Morgan fingerprint density at radius 3 is 2.50 bits per heavy atom. The monoisotopic (exact) mass is 520 g/mol. The molecule has 3 aromatic rings. The molecular weight excluding hydrogens is 497 g/mol. The van der Waals surface area contributed by atoms with E-state index in [2.05, 4.69) is 5.32 Å². The fraction of sp³-hybridized carbons (Fsp3) is 0.240. The van der Waals surface area contributed by atoms with Gasteiger partial charge >= 0.3 is 6.18 Å². The maximum absolute atomic E-state index is 13.5. The minimum Gasteiger partial charge on any atom is -0.497 e. The van der Waals surface area contributed by atoms with Gasteiger partial charge in [-0.3, -0.25) is 9.10 Å². The molecule has 1 aliphatic heterocycles. The van der Waals surface area contributed by atoms with Crippen molar-refractivity contribution in [3.8, 4) is 11.5 Å². The highest BCUT2D eigenvalue weighted by atomic mass is 32.2. The SMILES string of the molecule is COc1ccc(S(=O)(=O)N2C[C@H](C(=O)NCc3cccc(C(F)(F)F)c3)Oc3cc(C)ccc32)cc1. The summed E-state index contributed by atoms with van der Waals surface area (Å²) in [6.45, 7) is 1.29. The van der Waals surface area contributed by atoms with Gasteiger partial charge in [-0.05, 0) is 66.6 Å². The Kier molecular flexibility index (Phi) is 6.85. The second-order valence-corrected chi connectivity index (χ2v) is 10.1. The Bertz CT molecular complexity index is 1380. The Hall–Kier alpha value is -3.73. The second kappa shape index (κ2) is 9.73. The minimum absolute atomic E-state index is 0.000140. The Balaban J connectivity index is 1.59. The van der Waals surface area contributed by atoms with Crippen molar-refractivity contribution in [1.29, 1.82) is 0 Å². The van der Waals surface area contributed by atoms with Crippen LogP contribution in [0.3, 0.4) is 0 Å². The van der Waals surface area contributed by atoms with E-state index in [9.17, 15) is 26.4 Å². The van der Waals surface area contributed by atoms with E-state index in [-0.39, 0.29) is 35.0 Å². The van der Waals surface area contributed by atoms with Crippen LogP contribution in [0, 0.1) is 6.92 Å². The molecule has 1 heterocycles. The molecule has 0 aromatic heterocycles. The van der Waals surface area contributed by atoms with Crippen molar-refractivity contribution in [2.75, 3.05) is 18.0 Å². The van der Waals surface area contributed by atoms with E-state index >= 15 is 0 Å². The number of carbonyl (C=O) groups excluding carboxylic acids is 1. The molecule has 1 amide bonds. The van der Waals surface area contributed by atoms with Crippen LogP contribution in [-0.4, -0.2) is 34.1 Å². The van der Waals surface area contributed by atoms with E-state index in [1.54, 1.807) is 25.1 Å². The number of benzene rings is 3. The number of fused-ring (bicyclic) bond motifs is 1. The average molecular weight is 521 g/mol. The summed E-state index contributed by atoms with van der Waals surface area (Å²) < 4.78 is 78.0. The number of nitrogens with one attached hydrogen (secondary N) is 1. The van der Waals surface area contributed by atoms with Gasteiger partial charge < -0.3 is 14.8 Å². The molecular formula is C25H23F3N2O5S. The third-order valence-corrected chi connectivity index (χ3v) is 7.44. The molecule has 0 spiro atoms. The van der Waals surface area contributed by atoms with E-state index in [1.807, 2.05) is 0 Å². The number of amides is 1. The molecule has 1 N–H and O–H groups in total. The molecule has 0 fully saturated rings. The molecule has 11 heteroatoms. The van der Waals surface area contributed by atoms with Crippen molar-refractivity contribution >= 4 is 21.6 Å². The lowest BCUT2D eigenvalue weighted by Crippen LogP contribution is -2.50. The van der Waals surface area contributed by atoms with Gasteiger partial charge in [0.1, 0.15) is 11.5 Å². The van der Waals surface area contributed by atoms with E-state index in [1.165, 1.54) is 43.5 Å². The molecule has 3 aromatic carbocycles. The lowest BCUT2D eigenvalue weighted by atomic mass is 10.1. The normalized spacial score (nSPS) is 15.6. The fourth-order valence-corrected chi connectivity index (χ4v) is 5.24. The summed E-state index contributed by atoms with van der Waals surface area (Å²) in [6.07, 6.45) is -5.73. The first kappa shape index (κ1) is 25.4. The number of hydrogen-bond acceptors (Lipinski definition) is 5. The van der Waals surface area contributed by atoms with Gasteiger partial charge in [0.2, 0.25) is 0 Å². The van der Waals surface area contributed by atoms with E-state index < -0.39 is 33.8 Å². The number of carbonyl (C=O) groups is 1. The van der Waals surface area contributed by atoms with Crippen LogP contribution in [0.25, 0.3) is 0 Å². The van der Waals surface area contributed by atoms with Crippen molar-refractivity contribution in [2.45, 2.75) is 30.6 Å². The Morgan fingerprint density at radius 1 is 1.11 bits per heavy atom. The van der Waals surface area contributed by atoms with Gasteiger partial charge in [0, 0.05) is 6.54 Å². The maximum Gasteiger partial charge on any atom is 0.416 e. The predicted octanol–water partition coefficient (Wildman–Crippen LogP) is 4.30. The Morgan fingerprint density at radius 2 is 1.83 bits per heavy atom. The molecule has 0 saturated heterocycles. The Labute approximate surface area is 206 Å². The van der Waals surface area contributed by atoms with Crippen molar-refractivity contribution in [2.24, 2.45) is 0 Å². The van der Waals surface area contributed by atoms with Gasteiger partial charge in [0.05, 0.1) is 29.8 Å². The van der Waals surface area contributed by atoms with Gasteiger partial charge in [-0.15, -0.1) is 0 Å². The summed E-state index contributed by atoms with van der Waals surface area (Å²) in [5, 5.41) is 2.55. The molecule has 0 unspecified atom stereocenters. The lowest BCUT2D eigenvalue weighted by Gasteiger charge is -2.35. The van der Waals surface area contributed by atoms with Crippen LogP contribution in [0.15, 0.2) is 71.6 Å². The van der Waals surface area contributed by atoms with Crippen LogP contribution >= 0.6 is 0 Å². The fourth-order valence-electron chi connectivity index (χ4n) is 3.76. The summed E-state index contributed by atoms with van der Waals surface area (Å²) in [5.41, 5.74) is 0.483. The highest BCUT2D eigenvalue weighted by molar-refractivity contribution is 7.92. The number of aryl methyl sites for hydroxylation is 1. The van der Waals surface area contributed by atoms with E-state index in [0.717, 1.165) is 22.0 Å². The summed E-state index contributed by atoms with van der Waals surface area (Å²) >= 11 is 0. The third kappa shape index (κ3) is 5.25. The minimum atomic E-state index is -4.51. The molecule has 0 aliphatic carbocycles. The van der Waals surface area contributed by atoms with E-state index in [4.69, 9.17) is 9.47 Å². The quantitative estimate of drug-likeness (QED) is 0.524.